The van der Waals surface area contributed by atoms with Gasteiger partial charge in [-0.05, 0) is 25.8 Å². The molecule has 2 rings (SSSR count). The first-order valence-corrected chi connectivity index (χ1v) is 6.64. The Morgan fingerprint density at radius 2 is 1.89 bits per heavy atom. The van der Waals surface area contributed by atoms with E-state index in [1.54, 1.807) is 13.0 Å². The molecule has 0 aromatic carbocycles. The number of furan rings is 1. The van der Waals surface area contributed by atoms with Crippen molar-refractivity contribution in [1.82, 2.24) is 5.32 Å². The smallest absolute Gasteiger partial charge is 0.329 e. The maximum atomic E-state index is 12.1. The van der Waals surface area contributed by atoms with E-state index in [4.69, 9.17) is 4.42 Å². The van der Waals surface area contributed by atoms with E-state index < -0.39 is 11.5 Å². The standard InChI is InChI=1S/C14H19NO4/c1-10-8-11(9-19-10)12(16)15-14(13(17)18)6-4-2-3-5-7-14/h8-9H,2-7H2,1H3,(H,15,16)(H,17,18). The number of hydrogen-bond acceptors (Lipinski definition) is 3. The van der Waals surface area contributed by atoms with Gasteiger partial charge in [-0.3, -0.25) is 4.79 Å². The van der Waals surface area contributed by atoms with Crippen LogP contribution in [0.2, 0.25) is 0 Å². The van der Waals surface area contributed by atoms with E-state index in [2.05, 4.69) is 5.32 Å². The second-order valence-corrected chi connectivity index (χ2v) is 5.20. The first-order valence-electron chi connectivity index (χ1n) is 6.64. The Morgan fingerprint density at radius 1 is 1.26 bits per heavy atom. The molecule has 0 spiro atoms. The van der Waals surface area contributed by atoms with Crippen molar-refractivity contribution in [2.75, 3.05) is 0 Å². The largest absolute Gasteiger partial charge is 0.480 e. The fraction of sp³-hybridized carbons (Fsp3) is 0.571. The van der Waals surface area contributed by atoms with Gasteiger partial charge in [0.05, 0.1) is 5.56 Å². The molecule has 1 aliphatic carbocycles. The lowest BCUT2D eigenvalue weighted by Gasteiger charge is -2.29. The first-order chi connectivity index (χ1) is 9.03. The molecule has 0 radical (unpaired) electrons. The molecule has 1 aliphatic rings. The van der Waals surface area contributed by atoms with Crippen LogP contribution in [0, 0.1) is 6.92 Å². The molecule has 104 valence electrons. The van der Waals surface area contributed by atoms with E-state index in [1.165, 1.54) is 6.26 Å². The van der Waals surface area contributed by atoms with Crippen LogP contribution in [0.15, 0.2) is 16.7 Å². The molecule has 1 aromatic heterocycles. The van der Waals surface area contributed by atoms with E-state index in [9.17, 15) is 14.7 Å². The highest BCUT2D eigenvalue weighted by molar-refractivity contribution is 5.97. The zero-order chi connectivity index (χ0) is 13.9. The van der Waals surface area contributed by atoms with Crippen LogP contribution in [0.5, 0.6) is 0 Å². The Bertz CT molecular complexity index is 470. The van der Waals surface area contributed by atoms with Crippen LogP contribution in [0.25, 0.3) is 0 Å². The van der Waals surface area contributed by atoms with Gasteiger partial charge < -0.3 is 14.8 Å². The van der Waals surface area contributed by atoms with Crippen LogP contribution < -0.4 is 5.32 Å². The number of carboxylic acids is 1. The average Bonchev–Trinajstić information content (AvgIpc) is 2.65. The second-order valence-electron chi connectivity index (χ2n) is 5.20. The van der Waals surface area contributed by atoms with Gasteiger partial charge in [-0.25, -0.2) is 4.79 Å². The number of rotatable bonds is 3. The summed E-state index contributed by atoms with van der Waals surface area (Å²) in [6.45, 7) is 1.75. The van der Waals surface area contributed by atoms with E-state index in [-0.39, 0.29) is 5.91 Å². The quantitative estimate of drug-likeness (QED) is 0.823. The van der Waals surface area contributed by atoms with Crippen molar-refractivity contribution in [3.63, 3.8) is 0 Å². The van der Waals surface area contributed by atoms with Crippen molar-refractivity contribution in [2.45, 2.75) is 51.0 Å². The summed E-state index contributed by atoms with van der Waals surface area (Å²) < 4.78 is 5.08. The molecule has 1 amide bonds. The normalized spacial score (nSPS) is 18.6. The van der Waals surface area contributed by atoms with E-state index in [1.807, 2.05) is 0 Å². The summed E-state index contributed by atoms with van der Waals surface area (Å²) in [5.74, 6) is -0.681. The fourth-order valence-corrected chi connectivity index (χ4v) is 2.58. The summed E-state index contributed by atoms with van der Waals surface area (Å²) in [6, 6.07) is 1.61. The van der Waals surface area contributed by atoms with Gasteiger partial charge in [-0.15, -0.1) is 0 Å². The number of nitrogens with one attached hydrogen (secondary N) is 1. The SMILES string of the molecule is Cc1cc(C(=O)NC2(C(=O)O)CCCCCC2)co1. The van der Waals surface area contributed by atoms with Gasteiger partial charge in [0, 0.05) is 0 Å². The molecule has 1 aromatic rings. The van der Waals surface area contributed by atoms with E-state index in [0.29, 0.717) is 24.2 Å². The van der Waals surface area contributed by atoms with Crippen LogP contribution in [-0.2, 0) is 4.79 Å². The van der Waals surface area contributed by atoms with Gasteiger partial charge in [0.1, 0.15) is 17.6 Å². The summed E-state index contributed by atoms with van der Waals surface area (Å²) in [5, 5.41) is 12.2. The maximum absolute atomic E-state index is 12.1. The third-order valence-corrected chi connectivity index (χ3v) is 3.71. The topological polar surface area (TPSA) is 79.5 Å². The minimum Gasteiger partial charge on any atom is -0.480 e. The highest BCUT2D eigenvalue weighted by atomic mass is 16.4. The molecule has 0 atom stereocenters. The molecular formula is C14H19NO4. The fourth-order valence-electron chi connectivity index (χ4n) is 2.58. The predicted octanol–water partition coefficient (Wildman–Crippen LogP) is 2.50. The third-order valence-electron chi connectivity index (χ3n) is 3.71. The van der Waals surface area contributed by atoms with Gasteiger partial charge >= 0.3 is 5.97 Å². The van der Waals surface area contributed by atoms with Crippen molar-refractivity contribution in [2.24, 2.45) is 0 Å². The van der Waals surface area contributed by atoms with Crippen LogP contribution in [0.4, 0.5) is 0 Å². The first kappa shape index (κ1) is 13.6. The summed E-state index contributed by atoms with van der Waals surface area (Å²) in [7, 11) is 0. The Balaban J connectivity index is 2.16. The summed E-state index contributed by atoms with van der Waals surface area (Å²) >= 11 is 0. The number of aryl methyl sites for hydroxylation is 1. The maximum Gasteiger partial charge on any atom is 0.329 e. The van der Waals surface area contributed by atoms with Crippen LogP contribution in [-0.4, -0.2) is 22.5 Å². The number of amides is 1. The average molecular weight is 265 g/mol. The highest BCUT2D eigenvalue weighted by Crippen LogP contribution is 2.28. The molecule has 0 aliphatic heterocycles. The Hall–Kier alpha value is -1.78. The third kappa shape index (κ3) is 2.97. The number of hydrogen-bond donors (Lipinski definition) is 2. The molecule has 19 heavy (non-hydrogen) atoms. The zero-order valence-electron chi connectivity index (χ0n) is 11.1. The monoisotopic (exact) mass is 265 g/mol. The molecule has 0 unspecified atom stereocenters. The van der Waals surface area contributed by atoms with Gasteiger partial charge in [0.2, 0.25) is 0 Å². The molecule has 2 N–H and O–H groups in total. The molecule has 1 fully saturated rings. The van der Waals surface area contributed by atoms with Gasteiger partial charge in [0.25, 0.3) is 5.91 Å². The van der Waals surface area contributed by atoms with E-state index >= 15 is 0 Å². The Kier molecular flexibility index (Phi) is 3.93. The molecule has 0 bridgehead atoms. The zero-order valence-corrected chi connectivity index (χ0v) is 11.1. The molecular weight excluding hydrogens is 246 g/mol. The lowest BCUT2D eigenvalue weighted by atomic mass is 9.90. The van der Waals surface area contributed by atoms with Crippen molar-refractivity contribution < 1.29 is 19.1 Å². The van der Waals surface area contributed by atoms with Crippen LogP contribution in [0.3, 0.4) is 0 Å². The van der Waals surface area contributed by atoms with Gasteiger partial charge in [0.15, 0.2) is 0 Å². The number of carbonyl (C=O) groups excluding carboxylic acids is 1. The minimum absolute atomic E-state index is 0.374. The van der Waals surface area contributed by atoms with E-state index in [0.717, 1.165) is 25.7 Å². The van der Waals surface area contributed by atoms with Gasteiger partial charge in [-0.2, -0.15) is 0 Å². The second kappa shape index (κ2) is 5.47. The molecule has 5 nitrogen and oxygen atoms in total. The molecule has 1 heterocycles. The Labute approximate surface area is 112 Å². The Morgan fingerprint density at radius 3 is 2.37 bits per heavy atom. The number of carboxylic acid groups (broad SMARTS) is 1. The summed E-state index contributed by atoms with van der Waals surface area (Å²) in [4.78, 5) is 23.7. The van der Waals surface area contributed by atoms with Crippen molar-refractivity contribution in [1.29, 1.82) is 0 Å². The molecule has 1 saturated carbocycles. The van der Waals surface area contributed by atoms with Crippen LogP contribution in [0.1, 0.15) is 54.6 Å². The van der Waals surface area contributed by atoms with Crippen LogP contribution >= 0.6 is 0 Å². The van der Waals surface area contributed by atoms with Crippen molar-refractivity contribution in [3.8, 4) is 0 Å². The number of carbonyl (C=O) groups is 2. The lowest BCUT2D eigenvalue weighted by molar-refractivity contribution is -0.145. The highest BCUT2D eigenvalue weighted by Gasteiger charge is 2.40. The number of aliphatic carboxylic acids is 1. The molecule has 0 saturated heterocycles. The van der Waals surface area contributed by atoms with Gasteiger partial charge in [-0.1, -0.05) is 25.7 Å². The summed E-state index contributed by atoms with van der Waals surface area (Å²) in [5.41, 5.74) is -0.749. The van der Waals surface area contributed by atoms with Crippen molar-refractivity contribution >= 4 is 11.9 Å². The predicted molar refractivity (Wildman–Crippen MR) is 69.0 cm³/mol. The van der Waals surface area contributed by atoms with Crippen molar-refractivity contribution in [3.05, 3.63) is 23.7 Å². The summed E-state index contributed by atoms with van der Waals surface area (Å²) in [6.07, 6.45) is 6.05. The minimum atomic E-state index is -1.13. The molecule has 5 heteroatoms. The lowest BCUT2D eigenvalue weighted by Crippen LogP contribution is -2.54.